The Morgan fingerprint density at radius 3 is 2.31 bits per heavy atom. The highest BCUT2D eigenvalue weighted by Crippen LogP contribution is 2.49. The molecule has 6 nitrogen and oxygen atoms in total. The third kappa shape index (κ3) is 4.53. The third-order valence-electron chi connectivity index (χ3n) is 5.87. The lowest BCUT2D eigenvalue weighted by atomic mass is 9.96. The number of benzene rings is 1. The maximum absolute atomic E-state index is 12.8. The molecule has 0 N–H and O–H groups in total. The SMILES string of the molecule is O=C(COC(=O)C1(c2ccccc2)CC1)N1CCN(c2ncc(C(F)(F)F)cc2Cl)CC1. The van der Waals surface area contributed by atoms with Gasteiger partial charge < -0.3 is 14.5 Å². The maximum Gasteiger partial charge on any atom is 0.417 e. The van der Waals surface area contributed by atoms with Crippen molar-refractivity contribution in [2.75, 3.05) is 37.7 Å². The number of aromatic nitrogens is 1. The monoisotopic (exact) mass is 467 g/mol. The molecule has 2 aliphatic rings. The van der Waals surface area contributed by atoms with E-state index in [1.807, 2.05) is 30.3 Å². The number of anilines is 1. The number of pyridine rings is 1. The van der Waals surface area contributed by atoms with Gasteiger partial charge in [-0.2, -0.15) is 13.2 Å². The van der Waals surface area contributed by atoms with Gasteiger partial charge in [-0.15, -0.1) is 0 Å². The van der Waals surface area contributed by atoms with Crippen molar-refractivity contribution in [2.45, 2.75) is 24.4 Å². The summed E-state index contributed by atoms with van der Waals surface area (Å²) in [5, 5.41) is -0.0934. The van der Waals surface area contributed by atoms with Crippen LogP contribution in [0.5, 0.6) is 0 Å². The molecule has 2 aromatic rings. The first-order valence-electron chi connectivity index (χ1n) is 10.2. The fourth-order valence-corrected chi connectivity index (χ4v) is 4.12. The molecule has 4 rings (SSSR count). The minimum Gasteiger partial charge on any atom is -0.455 e. The molecule has 2 heterocycles. The topological polar surface area (TPSA) is 62.7 Å². The van der Waals surface area contributed by atoms with Crippen molar-refractivity contribution >= 4 is 29.3 Å². The fourth-order valence-electron chi connectivity index (χ4n) is 3.84. The summed E-state index contributed by atoms with van der Waals surface area (Å²) in [6.07, 6.45) is -2.37. The number of halogens is 4. The zero-order chi connectivity index (χ0) is 22.9. The smallest absolute Gasteiger partial charge is 0.417 e. The van der Waals surface area contributed by atoms with Crippen molar-refractivity contribution in [1.82, 2.24) is 9.88 Å². The van der Waals surface area contributed by atoms with Gasteiger partial charge in [-0.25, -0.2) is 4.98 Å². The molecule has 0 unspecified atom stereocenters. The van der Waals surface area contributed by atoms with Gasteiger partial charge >= 0.3 is 12.1 Å². The van der Waals surface area contributed by atoms with Gasteiger partial charge in [0.25, 0.3) is 5.91 Å². The number of carbonyl (C=O) groups excluding carboxylic acids is 2. The first-order valence-corrected chi connectivity index (χ1v) is 10.6. The average Bonchev–Trinajstić information content (AvgIpc) is 3.59. The summed E-state index contributed by atoms with van der Waals surface area (Å²) >= 11 is 6.01. The first kappa shape index (κ1) is 22.4. The van der Waals surface area contributed by atoms with E-state index in [1.54, 1.807) is 9.80 Å². The summed E-state index contributed by atoms with van der Waals surface area (Å²) in [5.41, 5.74) is -0.664. The van der Waals surface area contributed by atoms with Crippen molar-refractivity contribution in [3.63, 3.8) is 0 Å². The van der Waals surface area contributed by atoms with Gasteiger partial charge in [0.1, 0.15) is 5.82 Å². The molecule has 2 fully saturated rings. The van der Waals surface area contributed by atoms with Crippen LogP contribution in [0, 0.1) is 0 Å². The number of ether oxygens (including phenoxy) is 1. The van der Waals surface area contributed by atoms with Crippen LogP contribution < -0.4 is 4.90 Å². The second-order valence-corrected chi connectivity index (χ2v) is 8.33. The standard InChI is InChI=1S/C22H21ClF3N3O3/c23-17-12-16(22(24,25)26)13-27-19(17)29-10-8-28(9-11-29)18(30)14-32-20(31)21(6-7-21)15-4-2-1-3-5-15/h1-5,12-13H,6-11,14H2. The van der Waals surface area contributed by atoms with E-state index in [0.29, 0.717) is 39.0 Å². The van der Waals surface area contributed by atoms with Gasteiger partial charge in [0, 0.05) is 32.4 Å². The number of rotatable bonds is 5. The predicted molar refractivity (Wildman–Crippen MR) is 111 cm³/mol. The lowest BCUT2D eigenvalue weighted by molar-refractivity contribution is -0.154. The summed E-state index contributed by atoms with van der Waals surface area (Å²) in [6, 6.07) is 10.2. The van der Waals surface area contributed by atoms with Crippen molar-refractivity contribution in [3.8, 4) is 0 Å². The van der Waals surface area contributed by atoms with Crippen LogP contribution in [0.25, 0.3) is 0 Å². The Balaban J connectivity index is 1.29. The van der Waals surface area contributed by atoms with Crippen molar-refractivity contribution in [2.24, 2.45) is 0 Å². The van der Waals surface area contributed by atoms with Gasteiger partial charge in [0.2, 0.25) is 0 Å². The first-order chi connectivity index (χ1) is 15.2. The molecule has 0 atom stereocenters. The van der Waals surface area contributed by atoms with Crippen LogP contribution in [0.4, 0.5) is 19.0 Å². The number of amides is 1. The van der Waals surface area contributed by atoms with Gasteiger partial charge in [-0.1, -0.05) is 41.9 Å². The van der Waals surface area contributed by atoms with Gasteiger partial charge in [-0.05, 0) is 24.5 Å². The zero-order valence-electron chi connectivity index (χ0n) is 17.1. The third-order valence-corrected chi connectivity index (χ3v) is 6.15. The van der Waals surface area contributed by atoms with Crippen LogP contribution in [-0.4, -0.2) is 54.5 Å². The number of hydrogen-bond acceptors (Lipinski definition) is 5. The molecule has 170 valence electrons. The molecule has 10 heteroatoms. The molecule has 1 aromatic heterocycles. The number of alkyl halides is 3. The largest absolute Gasteiger partial charge is 0.455 e. The number of nitrogens with zero attached hydrogens (tertiary/aromatic N) is 3. The highest BCUT2D eigenvalue weighted by atomic mass is 35.5. The van der Waals surface area contributed by atoms with E-state index in [9.17, 15) is 22.8 Å². The number of hydrogen-bond donors (Lipinski definition) is 0. The van der Waals surface area contributed by atoms with E-state index in [0.717, 1.165) is 17.8 Å². The Bertz CT molecular complexity index is 1000. The molecule has 1 aromatic carbocycles. The van der Waals surface area contributed by atoms with Crippen LogP contribution in [0.1, 0.15) is 24.0 Å². The van der Waals surface area contributed by atoms with Crippen molar-refractivity contribution in [1.29, 1.82) is 0 Å². The highest BCUT2D eigenvalue weighted by Gasteiger charge is 2.52. The molecule has 0 spiro atoms. The number of carbonyl (C=O) groups is 2. The minimum atomic E-state index is -4.52. The minimum absolute atomic E-state index is 0.0934. The van der Waals surface area contributed by atoms with E-state index in [4.69, 9.17) is 16.3 Å². The second-order valence-electron chi connectivity index (χ2n) is 7.92. The predicted octanol–water partition coefficient (Wildman–Crippen LogP) is 3.68. The zero-order valence-corrected chi connectivity index (χ0v) is 17.8. The van der Waals surface area contributed by atoms with Gasteiger partial charge in [0.15, 0.2) is 6.61 Å². The summed E-state index contributed by atoms with van der Waals surface area (Å²) in [4.78, 5) is 32.2. The van der Waals surface area contributed by atoms with Crippen molar-refractivity contribution in [3.05, 3.63) is 58.7 Å². The Morgan fingerprint density at radius 2 is 1.75 bits per heavy atom. The second kappa shape index (κ2) is 8.61. The van der Waals surface area contributed by atoms with Crippen molar-refractivity contribution < 1.29 is 27.5 Å². The average molecular weight is 468 g/mol. The Morgan fingerprint density at radius 1 is 1.09 bits per heavy atom. The normalized spacial score (nSPS) is 17.8. The lowest BCUT2D eigenvalue weighted by Gasteiger charge is -2.35. The van der Waals surface area contributed by atoms with Crippen LogP contribution in [0.15, 0.2) is 42.6 Å². The molecule has 1 saturated carbocycles. The molecular formula is C22H21ClF3N3O3. The molecular weight excluding hydrogens is 447 g/mol. The maximum atomic E-state index is 12.8. The Kier molecular flexibility index (Phi) is 6.03. The summed E-state index contributed by atoms with van der Waals surface area (Å²) in [6.45, 7) is 1.00. The lowest BCUT2D eigenvalue weighted by Crippen LogP contribution is -2.50. The van der Waals surface area contributed by atoms with E-state index in [1.165, 1.54) is 0 Å². The van der Waals surface area contributed by atoms with E-state index in [-0.39, 0.29) is 23.4 Å². The van der Waals surface area contributed by atoms with Crippen LogP contribution in [-0.2, 0) is 25.9 Å². The van der Waals surface area contributed by atoms with E-state index >= 15 is 0 Å². The van der Waals surface area contributed by atoms with E-state index < -0.39 is 23.1 Å². The molecule has 0 bridgehead atoms. The summed E-state index contributed by atoms with van der Waals surface area (Å²) < 4.78 is 43.7. The molecule has 1 saturated heterocycles. The molecule has 0 radical (unpaired) electrons. The van der Waals surface area contributed by atoms with Crippen LogP contribution in [0.2, 0.25) is 5.02 Å². The van der Waals surface area contributed by atoms with E-state index in [2.05, 4.69) is 4.98 Å². The number of esters is 1. The summed E-state index contributed by atoms with van der Waals surface area (Å²) in [5.74, 6) is -0.457. The molecule has 1 aliphatic heterocycles. The molecule has 32 heavy (non-hydrogen) atoms. The van der Waals surface area contributed by atoms with Gasteiger partial charge in [-0.3, -0.25) is 9.59 Å². The van der Waals surface area contributed by atoms with Crippen LogP contribution >= 0.6 is 11.6 Å². The van der Waals surface area contributed by atoms with Crippen LogP contribution in [0.3, 0.4) is 0 Å². The summed E-state index contributed by atoms with van der Waals surface area (Å²) in [7, 11) is 0. The fraction of sp³-hybridized carbons (Fsp3) is 0.409. The molecule has 1 aliphatic carbocycles. The molecule has 1 amide bonds. The number of piperazine rings is 1. The quantitative estimate of drug-likeness (QED) is 0.628. The Labute approximate surface area is 187 Å². The van der Waals surface area contributed by atoms with Gasteiger partial charge in [0.05, 0.1) is 16.0 Å². The Hall–Kier alpha value is -2.81. The highest BCUT2D eigenvalue weighted by molar-refractivity contribution is 6.33.